The highest BCUT2D eigenvalue weighted by Gasteiger charge is 2.14. The zero-order valence-electron chi connectivity index (χ0n) is 10.6. The van der Waals surface area contributed by atoms with E-state index < -0.39 is 0 Å². The Labute approximate surface area is 114 Å². The number of nitrogens with one attached hydrogen (secondary N) is 2. The third kappa shape index (κ3) is 2.04. The molecular weight excluding hydrogens is 262 g/mol. The first kappa shape index (κ1) is 12.0. The molecule has 1 aromatic carbocycles. The molecule has 6 heteroatoms. The number of ether oxygens (including phenoxy) is 1. The summed E-state index contributed by atoms with van der Waals surface area (Å²) < 4.78 is 10.9. The van der Waals surface area contributed by atoms with Crippen LogP contribution in [0.5, 0.6) is 5.75 Å². The van der Waals surface area contributed by atoms with Gasteiger partial charge in [-0.3, -0.25) is 0 Å². The fraction of sp³-hybridized carbons (Fsp3) is 0.231. The van der Waals surface area contributed by atoms with Crippen LogP contribution in [-0.4, -0.2) is 21.8 Å². The summed E-state index contributed by atoms with van der Waals surface area (Å²) in [7, 11) is 0. The molecule has 0 saturated carbocycles. The molecule has 2 N–H and O–H groups in total. The molecule has 0 saturated heterocycles. The van der Waals surface area contributed by atoms with Gasteiger partial charge in [-0.15, -0.1) is 5.10 Å². The SMILES string of the molecule is CCOc1ccc2[nH]c(-c3n[nH]c(=S)o3)c(C)c2c1. The minimum Gasteiger partial charge on any atom is -0.494 e. The fourth-order valence-electron chi connectivity index (χ4n) is 2.11. The molecule has 0 aliphatic heterocycles. The number of H-pyrrole nitrogens is 2. The molecule has 0 unspecified atom stereocenters. The predicted molar refractivity (Wildman–Crippen MR) is 74.9 cm³/mol. The minimum atomic E-state index is 0.267. The lowest BCUT2D eigenvalue weighted by Crippen LogP contribution is -1.90. The summed E-state index contributed by atoms with van der Waals surface area (Å²) >= 11 is 4.89. The molecule has 0 fully saturated rings. The normalized spacial score (nSPS) is 11.1. The quantitative estimate of drug-likeness (QED) is 0.717. The van der Waals surface area contributed by atoms with E-state index >= 15 is 0 Å². The number of rotatable bonds is 3. The van der Waals surface area contributed by atoms with Gasteiger partial charge in [0, 0.05) is 10.9 Å². The van der Waals surface area contributed by atoms with Gasteiger partial charge in [0.1, 0.15) is 11.4 Å². The van der Waals surface area contributed by atoms with Gasteiger partial charge in [0.15, 0.2) is 0 Å². The van der Waals surface area contributed by atoms with Gasteiger partial charge in [0.05, 0.1) is 6.61 Å². The Balaban J connectivity index is 2.17. The molecule has 0 spiro atoms. The number of aromatic nitrogens is 3. The maximum absolute atomic E-state index is 5.51. The Bertz CT molecular complexity index is 785. The number of hydrogen-bond donors (Lipinski definition) is 2. The average molecular weight is 275 g/mol. The van der Waals surface area contributed by atoms with Gasteiger partial charge < -0.3 is 14.1 Å². The summed E-state index contributed by atoms with van der Waals surface area (Å²) in [6.45, 7) is 4.63. The van der Waals surface area contributed by atoms with Crippen LogP contribution >= 0.6 is 12.2 Å². The fourth-order valence-corrected chi connectivity index (χ4v) is 2.24. The lowest BCUT2D eigenvalue weighted by Gasteiger charge is -2.02. The highest BCUT2D eigenvalue weighted by Crippen LogP contribution is 2.30. The molecular formula is C13H13N3O2S. The Kier molecular flexibility index (Phi) is 2.87. The van der Waals surface area contributed by atoms with Crippen LogP contribution in [0, 0.1) is 11.8 Å². The Morgan fingerprint density at radius 3 is 2.95 bits per heavy atom. The van der Waals surface area contributed by atoms with Crippen molar-refractivity contribution >= 4 is 23.1 Å². The van der Waals surface area contributed by atoms with Gasteiger partial charge in [-0.05, 0) is 49.8 Å². The molecule has 98 valence electrons. The molecule has 3 rings (SSSR count). The monoisotopic (exact) mass is 275 g/mol. The van der Waals surface area contributed by atoms with E-state index in [1.165, 1.54) is 0 Å². The van der Waals surface area contributed by atoms with E-state index in [1.807, 2.05) is 32.0 Å². The summed E-state index contributed by atoms with van der Waals surface area (Å²) in [5.74, 6) is 1.32. The van der Waals surface area contributed by atoms with Gasteiger partial charge in [0.2, 0.25) is 0 Å². The Morgan fingerprint density at radius 2 is 2.26 bits per heavy atom. The van der Waals surface area contributed by atoms with E-state index in [9.17, 15) is 0 Å². The largest absolute Gasteiger partial charge is 0.494 e. The van der Waals surface area contributed by atoms with Crippen LogP contribution in [0.3, 0.4) is 0 Å². The van der Waals surface area contributed by atoms with Crippen molar-refractivity contribution in [2.75, 3.05) is 6.61 Å². The zero-order valence-corrected chi connectivity index (χ0v) is 11.4. The van der Waals surface area contributed by atoms with E-state index in [2.05, 4.69) is 15.2 Å². The van der Waals surface area contributed by atoms with E-state index in [-0.39, 0.29) is 4.84 Å². The molecule has 5 nitrogen and oxygen atoms in total. The molecule has 3 aromatic rings. The zero-order chi connectivity index (χ0) is 13.4. The summed E-state index contributed by atoms with van der Waals surface area (Å²) in [6.07, 6.45) is 0. The van der Waals surface area contributed by atoms with Crippen LogP contribution in [0.15, 0.2) is 22.6 Å². The van der Waals surface area contributed by atoms with Gasteiger partial charge in [-0.1, -0.05) is 0 Å². The average Bonchev–Trinajstić information content (AvgIpc) is 2.95. The third-order valence-corrected chi connectivity index (χ3v) is 3.17. The van der Waals surface area contributed by atoms with Crippen molar-refractivity contribution in [2.45, 2.75) is 13.8 Å². The van der Waals surface area contributed by atoms with Crippen molar-refractivity contribution in [2.24, 2.45) is 0 Å². The van der Waals surface area contributed by atoms with E-state index in [0.717, 1.165) is 27.9 Å². The molecule has 2 heterocycles. The predicted octanol–water partition coefficient (Wildman–Crippen LogP) is 3.59. The topological polar surface area (TPSA) is 66.8 Å². The molecule has 0 radical (unpaired) electrons. The van der Waals surface area contributed by atoms with E-state index in [4.69, 9.17) is 21.4 Å². The molecule has 0 aliphatic carbocycles. The lowest BCUT2D eigenvalue weighted by molar-refractivity contribution is 0.340. The lowest BCUT2D eigenvalue weighted by atomic mass is 10.1. The molecule has 0 bridgehead atoms. The molecule has 0 amide bonds. The number of benzene rings is 1. The van der Waals surface area contributed by atoms with Gasteiger partial charge in [-0.2, -0.15) is 0 Å². The first-order valence-corrected chi connectivity index (χ1v) is 6.41. The highest BCUT2D eigenvalue weighted by atomic mass is 32.1. The van der Waals surface area contributed by atoms with Crippen molar-refractivity contribution in [3.05, 3.63) is 28.6 Å². The molecule has 2 aromatic heterocycles. The third-order valence-electron chi connectivity index (χ3n) is 2.99. The van der Waals surface area contributed by atoms with Crippen LogP contribution in [0.25, 0.3) is 22.5 Å². The smallest absolute Gasteiger partial charge is 0.284 e. The second kappa shape index (κ2) is 4.55. The van der Waals surface area contributed by atoms with Gasteiger partial charge in [-0.25, -0.2) is 5.10 Å². The van der Waals surface area contributed by atoms with Crippen molar-refractivity contribution in [3.63, 3.8) is 0 Å². The summed E-state index contributed by atoms with van der Waals surface area (Å²) in [5.41, 5.74) is 2.90. The molecule has 0 aliphatic rings. The number of aromatic amines is 2. The van der Waals surface area contributed by atoms with Crippen molar-refractivity contribution in [1.29, 1.82) is 0 Å². The first-order valence-electron chi connectivity index (χ1n) is 6.00. The second-order valence-electron chi connectivity index (χ2n) is 4.18. The Morgan fingerprint density at radius 1 is 1.42 bits per heavy atom. The molecule has 19 heavy (non-hydrogen) atoms. The van der Waals surface area contributed by atoms with Crippen LogP contribution in [0.2, 0.25) is 0 Å². The Hall–Kier alpha value is -2.08. The van der Waals surface area contributed by atoms with E-state index in [1.54, 1.807) is 0 Å². The summed E-state index contributed by atoms with van der Waals surface area (Å²) in [4.78, 5) is 3.55. The van der Waals surface area contributed by atoms with Crippen LogP contribution < -0.4 is 4.74 Å². The summed E-state index contributed by atoms with van der Waals surface area (Å²) in [6, 6.07) is 5.93. The standard InChI is InChI=1S/C13H13N3O2S/c1-3-17-8-4-5-10-9(6-8)7(2)11(14-10)12-15-16-13(19)18-12/h4-6,14H,3H2,1-2H3,(H,16,19). The van der Waals surface area contributed by atoms with Gasteiger partial charge >= 0.3 is 0 Å². The van der Waals surface area contributed by atoms with Crippen molar-refractivity contribution in [3.8, 4) is 17.3 Å². The van der Waals surface area contributed by atoms with Crippen LogP contribution in [0.4, 0.5) is 0 Å². The van der Waals surface area contributed by atoms with E-state index in [0.29, 0.717) is 12.5 Å². The first-order chi connectivity index (χ1) is 9.19. The highest BCUT2D eigenvalue weighted by molar-refractivity contribution is 7.71. The van der Waals surface area contributed by atoms with Crippen molar-refractivity contribution in [1.82, 2.24) is 15.2 Å². The van der Waals surface area contributed by atoms with Crippen molar-refractivity contribution < 1.29 is 9.15 Å². The maximum Gasteiger partial charge on any atom is 0.284 e. The molecule has 0 atom stereocenters. The number of aryl methyl sites for hydroxylation is 1. The number of nitrogens with zero attached hydrogens (tertiary/aromatic N) is 1. The maximum atomic E-state index is 5.51. The number of hydrogen-bond acceptors (Lipinski definition) is 4. The summed E-state index contributed by atoms with van der Waals surface area (Å²) in [5, 5.41) is 7.75. The second-order valence-corrected chi connectivity index (χ2v) is 4.55. The van der Waals surface area contributed by atoms with Crippen LogP contribution in [0.1, 0.15) is 12.5 Å². The van der Waals surface area contributed by atoms with Gasteiger partial charge in [0.25, 0.3) is 10.7 Å². The number of fused-ring (bicyclic) bond motifs is 1. The minimum absolute atomic E-state index is 0.267. The van der Waals surface area contributed by atoms with Crippen LogP contribution in [-0.2, 0) is 0 Å².